The fraction of sp³-hybridized carbons (Fsp3) is 0.444. The molecule has 1 aliphatic heterocycles. The predicted molar refractivity (Wildman–Crippen MR) is 51.7 cm³/mol. The molecule has 2 heterocycles. The van der Waals surface area contributed by atoms with Crippen molar-refractivity contribution in [3.8, 4) is 0 Å². The highest BCUT2D eigenvalue weighted by atomic mass is 16.1. The summed E-state index contributed by atoms with van der Waals surface area (Å²) in [6, 6.07) is 0. The lowest BCUT2D eigenvalue weighted by Crippen LogP contribution is -2.49. The number of amides is 1. The molecule has 0 aromatic carbocycles. The van der Waals surface area contributed by atoms with E-state index in [4.69, 9.17) is 5.73 Å². The molecule has 0 unspecified atom stereocenters. The van der Waals surface area contributed by atoms with E-state index in [2.05, 4.69) is 15.3 Å². The molecule has 1 aromatic heterocycles. The maximum absolute atomic E-state index is 11.6. The minimum Gasteiger partial charge on any atom is -0.368 e. The number of rotatable bonds is 0. The van der Waals surface area contributed by atoms with Gasteiger partial charge in [0.1, 0.15) is 0 Å². The molecule has 0 saturated heterocycles. The molecule has 0 atom stereocenters. The second-order valence-electron chi connectivity index (χ2n) is 4.10. The molecular formula is C9H12N4O. The van der Waals surface area contributed by atoms with Crippen molar-refractivity contribution < 1.29 is 4.79 Å². The smallest absolute Gasteiger partial charge is 0.255 e. The van der Waals surface area contributed by atoms with E-state index in [-0.39, 0.29) is 17.4 Å². The first-order chi connectivity index (χ1) is 6.48. The van der Waals surface area contributed by atoms with Crippen LogP contribution >= 0.6 is 0 Å². The first-order valence-corrected chi connectivity index (χ1v) is 4.42. The molecule has 14 heavy (non-hydrogen) atoms. The zero-order valence-corrected chi connectivity index (χ0v) is 8.16. The van der Waals surface area contributed by atoms with Crippen molar-refractivity contribution in [1.29, 1.82) is 0 Å². The second-order valence-corrected chi connectivity index (χ2v) is 4.10. The molecule has 5 nitrogen and oxygen atoms in total. The Kier molecular flexibility index (Phi) is 1.70. The molecule has 2 rings (SSSR count). The van der Waals surface area contributed by atoms with Crippen LogP contribution in [0.5, 0.6) is 0 Å². The molecule has 1 aliphatic rings. The number of carbonyl (C=O) groups is 1. The van der Waals surface area contributed by atoms with E-state index < -0.39 is 0 Å². The molecule has 1 amide bonds. The Morgan fingerprint density at radius 2 is 2.29 bits per heavy atom. The molecule has 74 valence electrons. The van der Waals surface area contributed by atoms with Crippen molar-refractivity contribution in [2.75, 3.05) is 5.73 Å². The predicted octanol–water partition coefficient (Wildman–Crippen LogP) is 0.123. The lowest BCUT2D eigenvalue weighted by Gasteiger charge is -2.31. The van der Waals surface area contributed by atoms with Crippen LogP contribution in [0.1, 0.15) is 29.9 Å². The number of nitrogens with two attached hydrogens (primary N) is 1. The van der Waals surface area contributed by atoms with Gasteiger partial charge in [0.15, 0.2) is 0 Å². The highest BCUT2D eigenvalue weighted by molar-refractivity contribution is 5.96. The third-order valence-electron chi connectivity index (χ3n) is 2.19. The van der Waals surface area contributed by atoms with Gasteiger partial charge in [-0.1, -0.05) is 0 Å². The summed E-state index contributed by atoms with van der Waals surface area (Å²) < 4.78 is 0. The fourth-order valence-corrected chi connectivity index (χ4v) is 1.59. The van der Waals surface area contributed by atoms with Crippen LogP contribution in [0.15, 0.2) is 6.20 Å². The van der Waals surface area contributed by atoms with Gasteiger partial charge in [0.05, 0.1) is 11.3 Å². The number of hydrogen-bond acceptors (Lipinski definition) is 4. The van der Waals surface area contributed by atoms with Crippen molar-refractivity contribution >= 4 is 11.9 Å². The van der Waals surface area contributed by atoms with Gasteiger partial charge in [0, 0.05) is 18.2 Å². The van der Waals surface area contributed by atoms with Crippen LogP contribution in [0.3, 0.4) is 0 Å². The molecule has 3 N–H and O–H groups in total. The number of nitrogen functional groups attached to an aromatic ring is 1. The highest BCUT2D eigenvalue weighted by Gasteiger charge is 2.31. The first-order valence-electron chi connectivity index (χ1n) is 4.42. The van der Waals surface area contributed by atoms with Crippen LogP contribution in [0, 0.1) is 0 Å². The van der Waals surface area contributed by atoms with Gasteiger partial charge in [-0.25, -0.2) is 9.97 Å². The Morgan fingerprint density at radius 1 is 1.57 bits per heavy atom. The largest absolute Gasteiger partial charge is 0.368 e. The highest BCUT2D eigenvalue weighted by Crippen LogP contribution is 2.20. The van der Waals surface area contributed by atoms with Gasteiger partial charge in [0.2, 0.25) is 5.95 Å². The lowest BCUT2D eigenvalue weighted by molar-refractivity contribution is 0.0895. The molecular weight excluding hydrogens is 180 g/mol. The van der Waals surface area contributed by atoms with E-state index in [0.29, 0.717) is 12.0 Å². The maximum atomic E-state index is 11.6. The van der Waals surface area contributed by atoms with E-state index in [1.165, 1.54) is 6.20 Å². The van der Waals surface area contributed by atoms with Crippen molar-refractivity contribution in [3.05, 3.63) is 17.5 Å². The number of anilines is 1. The maximum Gasteiger partial charge on any atom is 0.255 e. The van der Waals surface area contributed by atoms with Crippen LogP contribution < -0.4 is 11.1 Å². The Balaban J connectivity index is 2.51. The van der Waals surface area contributed by atoms with Gasteiger partial charge in [-0.05, 0) is 13.8 Å². The molecule has 0 spiro atoms. The summed E-state index contributed by atoms with van der Waals surface area (Å²) in [5, 5.41) is 2.87. The van der Waals surface area contributed by atoms with Crippen molar-refractivity contribution in [3.63, 3.8) is 0 Å². The normalized spacial score (nSPS) is 18.6. The third-order valence-corrected chi connectivity index (χ3v) is 2.19. The summed E-state index contributed by atoms with van der Waals surface area (Å²) >= 11 is 0. The summed E-state index contributed by atoms with van der Waals surface area (Å²) in [5.74, 6) is 0.0884. The Morgan fingerprint density at radius 3 is 3.00 bits per heavy atom. The zero-order valence-electron chi connectivity index (χ0n) is 8.16. The van der Waals surface area contributed by atoms with Gasteiger partial charge < -0.3 is 11.1 Å². The van der Waals surface area contributed by atoms with Crippen LogP contribution in [-0.4, -0.2) is 21.4 Å². The summed E-state index contributed by atoms with van der Waals surface area (Å²) in [7, 11) is 0. The van der Waals surface area contributed by atoms with Crippen LogP contribution in [-0.2, 0) is 6.42 Å². The van der Waals surface area contributed by atoms with Gasteiger partial charge in [0.25, 0.3) is 5.91 Å². The van der Waals surface area contributed by atoms with Crippen molar-refractivity contribution in [2.45, 2.75) is 25.8 Å². The zero-order chi connectivity index (χ0) is 10.3. The minimum absolute atomic E-state index is 0.128. The molecule has 0 fully saturated rings. The Bertz CT molecular complexity index is 400. The molecule has 1 aromatic rings. The van der Waals surface area contributed by atoms with E-state index >= 15 is 0 Å². The lowest BCUT2D eigenvalue weighted by atomic mass is 9.91. The second kappa shape index (κ2) is 2.67. The van der Waals surface area contributed by atoms with E-state index in [0.717, 1.165) is 5.69 Å². The average molecular weight is 192 g/mol. The number of hydrogen-bond donors (Lipinski definition) is 2. The van der Waals surface area contributed by atoms with Gasteiger partial charge in [-0.3, -0.25) is 4.79 Å². The topological polar surface area (TPSA) is 80.9 Å². The first kappa shape index (κ1) is 8.93. The van der Waals surface area contributed by atoms with Crippen molar-refractivity contribution in [1.82, 2.24) is 15.3 Å². The number of nitrogens with one attached hydrogen (secondary N) is 1. The van der Waals surface area contributed by atoms with Crippen LogP contribution in [0.25, 0.3) is 0 Å². The average Bonchev–Trinajstić information content (AvgIpc) is 2.00. The Hall–Kier alpha value is -1.65. The fourth-order valence-electron chi connectivity index (χ4n) is 1.59. The molecule has 0 aliphatic carbocycles. The van der Waals surface area contributed by atoms with Gasteiger partial charge in [-0.2, -0.15) is 0 Å². The summed E-state index contributed by atoms with van der Waals surface area (Å²) in [5.41, 5.74) is 6.46. The quantitative estimate of drug-likeness (QED) is 0.612. The van der Waals surface area contributed by atoms with Crippen LogP contribution in [0.4, 0.5) is 5.95 Å². The number of fused-ring (bicyclic) bond motifs is 1. The molecule has 0 radical (unpaired) electrons. The molecule has 0 bridgehead atoms. The summed E-state index contributed by atoms with van der Waals surface area (Å²) in [6.07, 6.45) is 2.16. The number of aromatic nitrogens is 2. The molecule has 0 saturated carbocycles. The Labute approximate surface area is 81.7 Å². The third kappa shape index (κ3) is 1.41. The van der Waals surface area contributed by atoms with Crippen molar-refractivity contribution in [2.24, 2.45) is 0 Å². The number of nitrogens with zero attached hydrogens (tertiary/aromatic N) is 2. The van der Waals surface area contributed by atoms with Gasteiger partial charge in [-0.15, -0.1) is 0 Å². The van der Waals surface area contributed by atoms with Crippen LogP contribution in [0.2, 0.25) is 0 Å². The molecule has 5 heteroatoms. The monoisotopic (exact) mass is 192 g/mol. The van der Waals surface area contributed by atoms with E-state index in [9.17, 15) is 4.79 Å². The summed E-state index contributed by atoms with van der Waals surface area (Å²) in [6.45, 7) is 3.90. The standard InChI is InChI=1S/C9H12N4O/c1-9(2)3-6-5(7(14)13-9)4-11-8(10)12-6/h4H,3H2,1-2H3,(H,13,14)(H2,10,11,12). The number of carbonyl (C=O) groups excluding carboxylic acids is 1. The van der Waals surface area contributed by atoms with Gasteiger partial charge >= 0.3 is 0 Å². The van der Waals surface area contributed by atoms with E-state index in [1.807, 2.05) is 13.8 Å². The SMILES string of the molecule is CC1(C)Cc2nc(N)ncc2C(=O)N1. The summed E-state index contributed by atoms with van der Waals surface area (Å²) in [4.78, 5) is 19.4. The van der Waals surface area contributed by atoms with E-state index in [1.54, 1.807) is 0 Å². The minimum atomic E-state index is -0.259.